The fraction of sp³-hybridized carbons (Fsp3) is 0.250. The number of nitrogens with zero attached hydrogens (tertiary/aromatic N) is 3. The molecule has 19 heavy (non-hydrogen) atoms. The van der Waals surface area contributed by atoms with Crippen LogP contribution in [-0.2, 0) is 0 Å². The van der Waals surface area contributed by atoms with E-state index in [2.05, 4.69) is 50.2 Å². The average Bonchev–Trinajstić information content (AvgIpc) is 2.40. The zero-order chi connectivity index (χ0) is 13.8. The molecule has 0 fully saturated rings. The van der Waals surface area contributed by atoms with Gasteiger partial charge < -0.3 is 5.43 Å². The molecule has 2 aromatic heterocycles. The largest absolute Gasteiger partial charge is 0.308 e. The van der Waals surface area contributed by atoms with Gasteiger partial charge in [0.1, 0.15) is 22.2 Å². The van der Waals surface area contributed by atoms with Gasteiger partial charge in [-0.2, -0.15) is 0 Å². The Bertz CT molecular complexity index is 576. The first kappa shape index (κ1) is 14.2. The van der Waals surface area contributed by atoms with Gasteiger partial charge in [-0.05, 0) is 45.7 Å². The van der Waals surface area contributed by atoms with Gasteiger partial charge in [0.2, 0.25) is 0 Å². The van der Waals surface area contributed by atoms with Crippen molar-refractivity contribution >= 4 is 33.5 Å². The summed E-state index contributed by atoms with van der Waals surface area (Å²) in [6.07, 6.45) is 3.26. The molecule has 5 nitrogen and oxygen atoms in total. The van der Waals surface area contributed by atoms with E-state index in [1.54, 1.807) is 6.20 Å². The lowest BCUT2D eigenvalue weighted by Crippen LogP contribution is -2.13. The predicted octanol–water partition coefficient (Wildman–Crippen LogP) is 3.19. The highest BCUT2D eigenvalue weighted by Gasteiger charge is 2.16. The van der Waals surface area contributed by atoms with E-state index in [0.29, 0.717) is 5.82 Å². The second kappa shape index (κ2) is 6.31. The van der Waals surface area contributed by atoms with Gasteiger partial charge in [0.05, 0.1) is 4.47 Å². The Labute approximate surface area is 124 Å². The quantitative estimate of drug-likeness (QED) is 0.506. The number of aromatic nitrogens is 3. The van der Waals surface area contributed by atoms with Crippen molar-refractivity contribution in [1.29, 1.82) is 0 Å². The van der Waals surface area contributed by atoms with Crippen molar-refractivity contribution in [3.63, 3.8) is 0 Å². The zero-order valence-electron chi connectivity index (χ0n) is 10.6. The number of pyridine rings is 1. The van der Waals surface area contributed by atoms with Gasteiger partial charge in [0.25, 0.3) is 0 Å². The number of nitrogens with one attached hydrogen (secondary N) is 1. The van der Waals surface area contributed by atoms with Crippen LogP contribution in [0.2, 0.25) is 0 Å². The molecule has 0 unspecified atom stereocenters. The number of halogens is 1. The standard InChI is InChI=1S/C12H14BrN5S/c1-7(2)9-10(18-14)16-6-17-12(9)19-11-8(13)4-3-5-15-11/h3-7H,14H2,1-2H3,(H,16,17,18). The molecule has 0 saturated carbocycles. The third kappa shape index (κ3) is 3.23. The first-order chi connectivity index (χ1) is 9.13. The van der Waals surface area contributed by atoms with Crippen LogP contribution in [0.3, 0.4) is 0 Å². The van der Waals surface area contributed by atoms with Crippen LogP contribution in [-0.4, -0.2) is 15.0 Å². The fourth-order valence-electron chi connectivity index (χ4n) is 1.63. The number of rotatable bonds is 4. The molecule has 2 heterocycles. The molecule has 0 aliphatic heterocycles. The van der Waals surface area contributed by atoms with E-state index < -0.39 is 0 Å². The lowest BCUT2D eigenvalue weighted by atomic mass is 10.1. The van der Waals surface area contributed by atoms with Crippen molar-refractivity contribution in [2.75, 3.05) is 5.43 Å². The Morgan fingerprint density at radius 2 is 2.05 bits per heavy atom. The Morgan fingerprint density at radius 1 is 1.26 bits per heavy atom. The third-order valence-corrected chi connectivity index (χ3v) is 4.42. The van der Waals surface area contributed by atoms with Crippen molar-refractivity contribution < 1.29 is 0 Å². The van der Waals surface area contributed by atoms with E-state index in [9.17, 15) is 0 Å². The molecule has 7 heteroatoms. The van der Waals surface area contributed by atoms with Gasteiger partial charge in [0.15, 0.2) is 0 Å². The van der Waals surface area contributed by atoms with Crippen molar-refractivity contribution in [3.05, 3.63) is 34.7 Å². The number of anilines is 1. The minimum absolute atomic E-state index is 0.261. The molecule has 0 atom stereocenters. The van der Waals surface area contributed by atoms with Crippen molar-refractivity contribution in [3.8, 4) is 0 Å². The van der Waals surface area contributed by atoms with Crippen molar-refractivity contribution in [2.45, 2.75) is 29.8 Å². The number of hydrazine groups is 1. The zero-order valence-corrected chi connectivity index (χ0v) is 13.0. The Hall–Kier alpha value is -1.18. The third-order valence-electron chi connectivity index (χ3n) is 2.48. The summed E-state index contributed by atoms with van der Waals surface area (Å²) in [6.45, 7) is 4.16. The van der Waals surface area contributed by atoms with E-state index in [4.69, 9.17) is 5.84 Å². The van der Waals surface area contributed by atoms with Crippen LogP contribution in [0.5, 0.6) is 0 Å². The van der Waals surface area contributed by atoms with E-state index in [1.165, 1.54) is 18.1 Å². The monoisotopic (exact) mass is 339 g/mol. The van der Waals surface area contributed by atoms with Crippen LogP contribution in [0.25, 0.3) is 0 Å². The highest BCUT2D eigenvalue weighted by atomic mass is 79.9. The minimum atomic E-state index is 0.261. The molecule has 2 aromatic rings. The van der Waals surface area contributed by atoms with Crippen LogP contribution in [0.15, 0.2) is 39.2 Å². The number of nitrogens with two attached hydrogens (primary N) is 1. The molecule has 0 saturated heterocycles. The molecule has 0 aliphatic carbocycles. The topological polar surface area (TPSA) is 76.7 Å². The highest BCUT2D eigenvalue weighted by molar-refractivity contribution is 9.10. The average molecular weight is 340 g/mol. The summed E-state index contributed by atoms with van der Waals surface area (Å²) in [4.78, 5) is 12.8. The summed E-state index contributed by atoms with van der Waals surface area (Å²) in [5.41, 5.74) is 3.61. The van der Waals surface area contributed by atoms with Crippen LogP contribution in [0.1, 0.15) is 25.3 Å². The summed E-state index contributed by atoms with van der Waals surface area (Å²) in [6, 6.07) is 3.83. The fourth-order valence-corrected chi connectivity index (χ4v) is 3.14. The molecule has 2 rings (SSSR count). The SMILES string of the molecule is CC(C)c1c(NN)ncnc1Sc1ncccc1Br. The predicted molar refractivity (Wildman–Crippen MR) is 80.0 cm³/mol. The molecular formula is C12H14BrN5S. The first-order valence-electron chi connectivity index (χ1n) is 5.73. The normalized spacial score (nSPS) is 10.8. The molecule has 0 amide bonds. The second-order valence-corrected chi connectivity index (χ2v) is 5.96. The lowest BCUT2D eigenvalue weighted by Gasteiger charge is -2.14. The van der Waals surface area contributed by atoms with Gasteiger partial charge in [0, 0.05) is 11.8 Å². The molecule has 0 aromatic carbocycles. The van der Waals surface area contributed by atoms with Crippen LogP contribution in [0, 0.1) is 0 Å². The van der Waals surface area contributed by atoms with Crippen LogP contribution < -0.4 is 11.3 Å². The molecule has 0 aliphatic rings. The summed E-state index contributed by atoms with van der Waals surface area (Å²) in [5, 5.41) is 1.73. The van der Waals surface area contributed by atoms with Gasteiger partial charge in [-0.25, -0.2) is 20.8 Å². The van der Waals surface area contributed by atoms with Crippen molar-refractivity contribution in [2.24, 2.45) is 5.84 Å². The van der Waals surface area contributed by atoms with Gasteiger partial charge in [-0.3, -0.25) is 0 Å². The number of hydrogen-bond acceptors (Lipinski definition) is 6. The maximum Gasteiger partial charge on any atom is 0.147 e. The van der Waals surface area contributed by atoms with Gasteiger partial charge in [-0.1, -0.05) is 13.8 Å². The maximum absolute atomic E-state index is 5.51. The van der Waals surface area contributed by atoms with Crippen LogP contribution in [0.4, 0.5) is 5.82 Å². The van der Waals surface area contributed by atoms with E-state index in [1.807, 2.05) is 12.1 Å². The van der Waals surface area contributed by atoms with Gasteiger partial charge in [-0.15, -0.1) is 0 Å². The van der Waals surface area contributed by atoms with E-state index in [0.717, 1.165) is 20.1 Å². The smallest absolute Gasteiger partial charge is 0.147 e. The van der Waals surface area contributed by atoms with E-state index >= 15 is 0 Å². The molecule has 0 radical (unpaired) electrons. The maximum atomic E-state index is 5.51. The van der Waals surface area contributed by atoms with Gasteiger partial charge >= 0.3 is 0 Å². The molecule has 0 spiro atoms. The number of hydrogen-bond donors (Lipinski definition) is 2. The molecule has 3 N–H and O–H groups in total. The second-order valence-electron chi connectivity index (χ2n) is 4.13. The minimum Gasteiger partial charge on any atom is -0.308 e. The Morgan fingerprint density at radius 3 is 2.68 bits per heavy atom. The summed E-state index contributed by atoms with van der Waals surface area (Å²) in [7, 11) is 0. The van der Waals surface area contributed by atoms with Crippen molar-refractivity contribution in [1.82, 2.24) is 15.0 Å². The molecule has 100 valence electrons. The van der Waals surface area contributed by atoms with Crippen LogP contribution >= 0.6 is 27.7 Å². The molecular weight excluding hydrogens is 326 g/mol. The van der Waals surface area contributed by atoms with E-state index in [-0.39, 0.29) is 5.92 Å². The first-order valence-corrected chi connectivity index (χ1v) is 7.34. The summed E-state index contributed by atoms with van der Waals surface area (Å²) >= 11 is 4.98. The molecule has 0 bridgehead atoms. The number of nitrogen functional groups attached to an aromatic ring is 1. The lowest BCUT2D eigenvalue weighted by molar-refractivity contribution is 0.803. The Kier molecular flexibility index (Phi) is 4.73. The summed E-state index contributed by atoms with van der Waals surface area (Å²) < 4.78 is 0.940. The Balaban J connectivity index is 2.43. The highest BCUT2D eigenvalue weighted by Crippen LogP contribution is 2.36. The summed E-state index contributed by atoms with van der Waals surface area (Å²) in [5.74, 6) is 6.42.